The minimum Gasteiger partial charge on any atom is -0.423 e. The third-order valence-electron chi connectivity index (χ3n) is 18.7. The van der Waals surface area contributed by atoms with Gasteiger partial charge in [0.1, 0.15) is 0 Å². The highest BCUT2D eigenvalue weighted by molar-refractivity contribution is 9.10. The van der Waals surface area contributed by atoms with Gasteiger partial charge < -0.3 is 10.0 Å². The molecular weight excluding hydrogens is 1340 g/mol. The second-order valence-corrected chi connectivity index (χ2v) is 26.0. The molecule has 0 aliphatic carbocycles. The fourth-order valence-electron chi connectivity index (χ4n) is 13.7. The van der Waals surface area contributed by atoms with Gasteiger partial charge in [0.05, 0.1) is 22.8 Å². The fraction of sp³-hybridized carbons (Fsp3) is 0. The van der Waals surface area contributed by atoms with Gasteiger partial charge in [-0.2, -0.15) is 0 Å². The van der Waals surface area contributed by atoms with Crippen molar-refractivity contribution in [3.05, 3.63) is 381 Å². The van der Waals surface area contributed by atoms with E-state index in [0.29, 0.717) is 22.7 Å². The van der Waals surface area contributed by atoms with E-state index in [1.165, 1.54) is 75.4 Å². The largest absolute Gasteiger partial charge is 0.488 e. The van der Waals surface area contributed by atoms with Crippen LogP contribution in [0.4, 0.5) is 0 Å². The highest BCUT2D eigenvalue weighted by atomic mass is 79.9. The summed E-state index contributed by atoms with van der Waals surface area (Å²) >= 11 is 3.79. The van der Waals surface area contributed by atoms with E-state index in [2.05, 4.69) is 275 Å². The number of aromatic nitrogens is 6. The molecule has 0 fully saturated rings. The van der Waals surface area contributed by atoms with E-state index < -0.39 is 7.12 Å². The molecule has 0 aliphatic heterocycles. The quantitative estimate of drug-likeness (QED) is 0.0917. The van der Waals surface area contributed by atoms with Crippen LogP contribution in [0.2, 0.25) is 0 Å². The first-order valence-corrected chi connectivity index (χ1v) is 35.2. The Morgan fingerprint density at radius 1 is 0.221 bits per heavy atom. The van der Waals surface area contributed by atoms with Crippen LogP contribution in [0.25, 0.3) is 167 Å². The number of hydrogen-bond acceptors (Lipinski definition) is 8. The lowest BCUT2D eigenvalue weighted by Crippen LogP contribution is -2.29. The van der Waals surface area contributed by atoms with Crippen molar-refractivity contribution in [3.8, 4) is 123 Å². The molecule has 0 atom stereocenters. The lowest BCUT2D eigenvalue weighted by Gasteiger charge is -2.18. The Labute approximate surface area is 612 Å². The van der Waals surface area contributed by atoms with E-state index in [1.54, 1.807) is 30.6 Å². The Hall–Kier alpha value is -13.0. The summed E-state index contributed by atoms with van der Waals surface area (Å²) in [5, 5.41) is 29.2. The summed E-state index contributed by atoms with van der Waals surface area (Å²) in [6, 6.07) is 121. The minimum atomic E-state index is -1.56. The standard InChI is InChI=1S/C47H31N3.C27H20BN3O2.C20H13Br/c1-3-14-32(15-4-1)43-30-44(35-19-11-18-34(28-35)38-22-13-27-48-31-38)50-47(49-43)37-21-12-20-36(29-37)46-41-25-9-7-23-39(41)45(33-16-5-2-6-17-33)40-24-8-10-26-42(40)46;32-28(33)24-13-5-11-22(16-24)27-30-25(19-7-2-1-3-8-19)17-26(31-27)21-10-4-9-20(15-21)23-12-6-14-29-18-23;21-20-17-12-6-4-10-15(17)19(14-8-2-1-3-9-14)16-11-5-7-13-18(16)20/h1-31H;1-18,32-33H;1-13H. The lowest BCUT2D eigenvalue weighted by molar-refractivity contribution is 0.426. The zero-order valence-corrected chi connectivity index (χ0v) is 57.9. The second-order valence-electron chi connectivity index (χ2n) is 25.2. The van der Waals surface area contributed by atoms with Crippen LogP contribution < -0.4 is 5.46 Å². The van der Waals surface area contributed by atoms with Gasteiger partial charge in [-0.15, -0.1) is 0 Å². The Morgan fingerprint density at radius 2 is 0.500 bits per heavy atom. The topological polar surface area (TPSA) is 118 Å². The zero-order chi connectivity index (χ0) is 70.1. The van der Waals surface area contributed by atoms with Gasteiger partial charge in [-0.1, -0.05) is 309 Å². The zero-order valence-electron chi connectivity index (χ0n) is 56.3. The van der Waals surface area contributed by atoms with E-state index in [1.807, 2.05) is 97.3 Å². The highest BCUT2D eigenvalue weighted by Gasteiger charge is 2.21. The Morgan fingerprint density at radius 3 is 0.885 bits per heavy atom. The van der Waals surface area contributed by atoms with Crippen molar-refractivity contribution < 1.29 is 10.0 Å². The number of hydrogen-bond donors (Lipinski definition) is 2. The minimum absolute atomic E-state index is 0.390. The molecule has 4 heterocycles. The molecule has 0 bridgehead atoms. The van der Waals surface area contributed by atoms with Gasteiger partial charge in [-0.25, -0.2) is 19.9 Å². The monoisotopic (exact) mass is 1400 g/mol. The fourth-order valence-corrected chi connectivity index (χ4v) is 14.4. The predicted octanol–water partition coefficient (Wildman–Crippen LogP) is 22.8. The molecule has 18 rings (SSSR count). The molecule has 104 heavy (non-hydrogen) atoms. The Bertz CT molecular complexity index is 5980. The summed E-state index contributed by atoms with van der Waals surface area (Å²) in [6.45, 7) is 0. The molecule has 0 saturated heterocycles. The average molecular weight is 1400 g/mol. The number of halogens is 1. The molecule has 8 nitrogen and oxygen atoms in total. The van der Waals surface area contributed by atoms with Crippen molar-refractivity contribution in [2.75, 3.05) is 0 Å². The molecule has 14 aromatic carbocycles. The van der Waals surface area contributed by atoms with E-state index in [0.717, 1.165) is 78.4 Å². The molecule has 18 aromatic rings. The normalized spacial score (nSPS) is 11.0. The van der Waals surface area contributed by atoms with Gasteiger partial charge in [0.2, 0.25) is 0 Å². The van der Waals surface area contributed by atoms with Crippen LogP contribution in [0, 0.1) is 0 Å². The predicted molar refractivity (Wildman–Crippen MR) is 433 cm³/mol. The van der Waals surface area contributed by atoms with Crippen LogP contribution in [0.3, 0.4) is 0 Å². The summed E-state index contributed by atoms with van der Waals surface area (Å²) in [4.78, 5) is 28.6. The molecule has 4 aromatic heterocycles. The van der Waals surface area contributed by atoms with Gasteiger partial charge in [0, 0.05) is 73.8 Å². The summed E-state index contributed by atoms with van der Waals surface area (Å²) in [5.41, 5.74) is 21.0. The summed E-state index contributed by atoms with van der Waals surface area (Å²) in [6.07, 6.45) is 7.29. The van der Waals surface area contributed by atoms with Gasteiger partial charge in [-0.05, 0) is 151 Å². The first-order valence-electron chi connectivity index (χ1n) is 34.4. The molecule has 0 radical (unpaired) electrons. The van der Waals surface area contributed by atoms with Crippen molar-refractivity contribution in [2.24, 2.45) is 0 Å². The number of fused-ring (bicyclic) bond motifs is 4. The summed E-state index contributed by atoms with van der Waals surface area (Å²) < 4.78 is 1.17. The maximum absolute atomic E-state index is 9.61. The van der Waals surface area contributed by atoms with E-state index >= 15 is 0 Å². The van der Waals surface area contributed by atoms with E-state index in [4.69, 9.17) is 19.9 Å². The molecule has 0 spiro atoms. The Balaban J connectivity index is 0.000000132. The smallest absolute Gasteiger partial charge is 0.423 e. The summed E-state index contributed by atoms with van der Waals surface area (Å²) in [7, 11) is -1.56. The number of pyridine rings is 2. The van der Waals surface area contributed by atoms with Crippen molar-refractivity contribution in [3.63, 3.8) is 0 Å². The van der Waals surface area contributed by atoms with E-state index in [-0.39, 0.29) is 0 Å². The molecule has 0 amide bonds. The molecule has 0 aliphatic rings. The second kappa shape index (κ2) is 30.1. The summed E-state index contributed by atoms with van der Waals surface area (Å²) in [5.74, 6) is 1.20. The molecular formula is C94H64BBrN6O2. The molecule has 0 unspecified atom stereocenters. The van der Waals surface area contributed by atoms with Gasteiger partial charge in [-0.3, -0.25) is 9.97 Å². The third kappa shape index (κ3) is 13.9. The number of rotatable bonds is 12. The maximum Gasteiger partial charge on any atom is 0.488 e. The van der Waals surface area contributed by atoms with Crippen molar-refractivity contribution in [2.45, 2.75) is 0 Å². The maximum atomic E-state index is 9.61. The van der Waals surface area contributed by atoms with Crippen LogP contribution >= 0.6 is 15.9 Å². The van der Waals surface area contributed by atoms with Crippen molar-refractivity contribution in [1.82, 2.24) is 29.9 Å². The molecule has 10 heteroatoms. The van der Waals surface area contributed by atoms with Crippen LogP contribution in [0.1, 0.15) is 0 Å². The van der Waals surface area contributed by atoms with Gasteiger partial charge >= 0.3 is 7.12 Å². The molecule has 492 valence electrons. The number of nitrogens with zero attached hydrogens (tertiary/aromatic N) is 6. The first-order chi connectivity index (χ1) is 51.3. The van der Waals surface area contributed by atoms with E-state index in [9.17, 15) is 10.0 Å². The van der Waals surface area contributed by atoms with Crippen LogP contribution in [-0.4, -0.2) is 47.1 Å². The molecule has 2 N–H and O–H groups in total. The SMILES string of the molecule is Brc1c2ccccc2c(-c2ccccc2)c2ccccc12.OB(O)c1cccc(-c2nc(-c3ccccc3)cc(-c3cccc(-c4cccnc4)c3)n2)c1.c1ccc(-c2cc(-c3cccc(-c4cccnc4)c3)nc(-c3cccc(-c4c5ccccc5c(-c5ccccc5)c5ccccc45)c3)n2)cc1. The molecule has 0 saturated carbocycles. The Kier molecular flexibility index (Phi) is 19.0. The first kappa shape index (κ1) is 65.6. The van der Waals surface area contributed by atoms with Gasteiger partial charge in [0.15, 0.2) is 11.6 Å². The van der Waals surface area contributed by atoms with Crippen LogP contribution in [0.15, 0.2) is 381 Å². The number of benzene rings is 14. The average Bonchev–Trinajstić information content (AvgIpc) is 0.763. The van der Waals surface area contributed by atoms with Crippen molar-refractivity contribution in [1.29, 1.82) is 0 Å². The third-order valence-corrected chi connectivity index (χ3v) is 19.5. The lowest BCUT2D eigenvalue weighted by atomic mass is 9.79. The highest BCUT2D eigenvalue weighted by Crippen LogP contribution is 2.46. The van der Waals surface area contributed by atoms with Gasteiger partial charge in [0.25, 0.3) is 0 Å². The van der Waals surface area contributed by atoms with Crippen LogP contribution in [0.5, 0.6) is 0 Å². The van der Waals surface area contributed by atoms with Crippen molar-refractivity contribution >= 4 is 71.6 Å². The van der Waals surface area contributed by atoms with Crippen LogP contribution in [-0.2, 0) is 0 Å².